The highest BCUT2D eigenvalue weighted by Crippen LogP contribution is 2.34. The molecule has 0 spiro atoms. The van der Waals surface area contributed by atoms with E-state index in [9.17, 15) is 0 Å². The van der Waals surface area contributed by atoms with Gasteiger partial charge in [-0.3, -0.25) is 0 Å². The summed E-state index contributed by atoms with van der Waals surface area (Å²) in [5.74, 6) is 0. The minimum absolute atomic E-state index is 0.859. The maximum atomic E-state index is 6.21. The summed E-state index contributed by atoms with van der Waals surface area (Å²) in [6.45, 7) is 4.24. The Morgan fingerprint density at radius 3 is 2.83 bits per heavy atom. The molecule has 0 fully saturated rings. The molecule has 18 heavy (non-hydrogen) atoms. The van der Waals surface area contributed by atoms with Crippen LogP contribution in [0.25, 0.3) is 10.4 Å². The van der Waals surface area contributed by atoms with Gasteiger partial charge < -0.3 is 5.32 Å². The molecule has 0 saturated heterocycles. The van der Waals surface area contributed by atoms with Crippen molar-refractivity contribution in [2.75, 3.05) is 13.1 Å². The minimum atomic E-state index is 0.859. The molecule has 0 bridgehead atoms. The lowest BCUT2D eigenvalue weighted by Crippen LogP contribution is -2.16. The first-order valence-electron chi connectivity index (χ1n) is 6.33. The van der Waals surface area contributed by atoms with Gasteiger partial charge in [-0.05, 0) is 61.7 Å². The first kappa shape index (κ1) is 12.2. The summed E-state index contributed by atoms with van der Waals surface area (Å²) >= 11 is 8.13. The molecule has 0 saturated carbocycles. The molecule has 1 N–H and O–H groups in total. The van der Waals surface area contributed by atoms with Gasteiger partial charge in [-0.25, -0.2) is 0 Å². The predicted molar refractivity (Wildman–Crippen MR) is 79.8 cm³/mol. The topological polar surface area (TPSA) is 12.0 Å². The van der Waals surface area contributed by atoms with E-state index < -0.39 is 0 Å². The van der Waals surface area contributed by atoms with Crippen LogP contribution in [0.3, 0.4) is 0 Å². The standard InChI is InChI=1S/C15H16ClNS/c1-10-2-3-11(8-13(10)16)15-9-12-4-6-17-7-5-14(12)18-15/h2-3,8-9,17H,4-7H2,1H3. The molecule has 1 aliphatic rings. The maximum absolute atomic E-state index is 6.21. The van der Waals surface area contributed by atoms with Crippen LogP contribution in [0.5, 0.6) is 0 Å². The Labute approximate surface area is 117 Å². The molecule has 1 nitrogen and oxygen atoms in total. The molecule has 3 rings (SSSR count). The number of halogens is 1. The molecule has 0 atom stereocenters. The van der Waals surface area contributed by atoms with Crippen molar-refractivity contribution in [3.8, 4) is 10.4 Å². The van der Waals surface area contributed by atoms with E-state index in [2.05, 4.69) is 29.6 Å². The van der Waals surface area contributed by atoms with Gasteiger partial charge in [-0.2, -0.15) is 0 Å². The number of aryl methyl sites for hydroxylation is 1. The van der Waals surface area contributed by atoms with Crippen molar-refractivity contribution < 1.29 is 0 Å². The first-order chi connectivity index (χ1) is 8.74. The van der Waals surface area contributed by atoms with Crippen LogP contribution in [-0.2, 0) is 12.8 Å². The fourth-order valence-corrected chi connectivity index (χ4v) is 3.72. The average Bonchev–Trinajstić information content (AvgIpc) is 2.64. The van der Waals surface area contributed by atoms with Gasteiger partial charge in [-0.1, -0.05) is 23.7 Å². The molecule has 2 heterocycles. The third kappa shape index (κ3) is 2.33. The van der Waals surface area contributed by atoms with E-state index in [0.717, 1.165) is 36.5 Å². The van der Waals surface area contributed by atoms with Crippen LogP contribution < -0.4 is 5.32 Å². The van der Waals surface area contributed by atoms with E-state index in [0.29, 0.717) is 0 Å². The summed E-state index contributed by atoms with van der Waals surface area (Å²) in [6, 6.07) is 8.70. The molecular formula is C15H16ClNS. The SMILES string of the molecule is Cc1ccc(-c2cc3c(s2)CCNCC3)cc1Cl. The summed E-state index contributed by atoms with van der Waals surface area (Å²) in [7, 11) is 0. The van der Waals surface area contributed by atoms with Gasteiger partial charge in [0, 0.05) is 14.8 Å². The fraction of sp³-hybridized carbons (Fsp3) is 0.333. The van der Waals surface area contributed by atoms with Crippen molar-refractivity contribution in [1.82, 2.24) is 5.32 Å². The Bertz CT molecular complexity index is 550. The smallest absolute Gasteiger partial charge is 0.0441 e. The summed E-state index contributed by atoms with van der Waals surface area (Å²) in [5.41, 5.74) is 3.90. The molecule has 0 aliphatic carbocycles. The minimum Gasteiger partial charge on any atom is -0.316 e. The predicted octanol–water partition coefficient (Wildman–Crippen LogP) is 4.07. The van der Waals surface area contributed by atoms with Crippen molar-refractivity contribution in [3.63, 3.8) is 0 Å². The van der Waals surface area contributed by atoms with E-state index in [-0.39, 0.29) is 0 Å². The molecule has 1 aromatic heterocycles. The van der Waals surface area contributed by atoms with Crippen molar-refractivity contribution >= 4 is 22.9 Å². The van der Waals surface area contributed by atoms with Gasteiger partial charge in [0.2, 0.25) is 0 Å². The van der Waals surface area contributed by atoms with E-state index in [1.165, 1.54) is 20.9 Å². The third-order valence-corrected chi connectivity index (χ3v) is 5.15. The highest BCUT2D eigenvalue weighted by molar-refractivity contribution is 7.15. The van der Waals surface area contributed by atoms with Crippen LogP contribution >= 0.6 is 22.9 Å². The quantitative estimate of drug-likeness (QED) is 0.829. The Hall–Kier alpha value is -0.830. The molecule has 2 aromatic rings. The molecular weight excluding hydrogens is 262 g/mol. The summed E-state index contributed by atoms with van der Waals surface area (Å²) in [6.07, 6.45) is 2.30. The second kappa shape index (κ2) is 5.04. The van der Waals surface area contributed by atoms with Crippen molar-refractivity contribution in [1.29, 1.82) is 0 Å². The molecule has 0 unspecified atom stereocenters. The first-order valence-corrected chi connectivity index (χ1v) is 7.52. The van der Waals surface area contributed by atoms with Crippen molar-refractivity contribution in [3.05, 3.63) is 45.3 Å². The van der Waals surface area contributed by atoms with Gasteiger partial charge in [-0.15, -0.1) is 11.3 Å². The number of thiophene rings is 1. The van der Waals surface area contributed by atoms with Gasteiger partial charge in [0.05, 0.1) is 0 Å². The Kier molecular flexibility index (Phi) is 3.42. The molecule has 3 heteroatoms. The number of benzene rings is 1. The number of nitrogens with one attached hydrogen (secondary N) is 1. The second-order valence-corrected chi connectivity index (χ2v) is 6.32. The van der Waals surface area contributed by atoms with Crippen molar-refractivity contribution in [2.24, 2.45) is 0 Å². The lowest BCUT2D eigenvalue weighted by molar-refractivity contribution is 0.712. The normalized spacial score (nSPS) is 15.2. The largest absolute Gasteiger partial charge is 0.316 e. The van der Waals surface area contributed by atoms with Gasteiger partial charge >= 0.3 is 0 Å². The van der Waals surface area contributed by atoms with Crippen LogP contribution in [0.1, 0.15) is 16.0 Å². The number of rotatable bonds is 1. The van der Waals surface area contributed by atoms with Gasteiger partial charge in [0.1, 0.15) is 0 Å². The zero-order chi connectivity index (χ0) is 12.5. The van der Waals surface area contributed by atoms with Gasteiger partial charge in [0.15, 0.2) is 0 Å². The Morgan fingerprint density at radius 2 is 2.00 bits per heavy atom. The molecule has 94 valence electrons. The average molecular weight is 278 g/mol. The molecule has 0 radical (unpaired) electrons. The fourth-order valence-electron chi connectivity index (χ4n) is 2.33. The van der Waals surface area contributed by atoms with E-state index in [4.69, 9.17) is 11.6 Å². The number of hydrogen-bond donors (Lipinski definition) is 1. The maximum Gasteiger partial charge on any atom is 0.0441 e. The third-order valence-electron chi connectivity index (χ3n) is 3.45. The highest BCUT2D eigenvalue weighted by Gasteiger charge is 2.13. The number of hydrogen-bond acceptors (Lipinski definition) is 2. The van der Waals surface area contributed by atoms with Crippen LogP contribution in [0, 0.1) is 6.92 Å². The Morgan fingerprint density at radius 1 is 1.17 bits per heavy atom. The molecule has 0 amide bonds. The van der Waals surface area contributed by atoms with Crippen LogP contribution in [0.15, 0.2) is 24.3 Å². The van der Waals surface area contributed by atoms with Crippen LogP contribution in [0.2, 0.25) is 5.02 Å². The van der Waals surface area contributed by atoms with E-state index >= 15 is 0 Å². The molecule has 1 aliphatic heterocycles. The summed E-state index contributed by atoms with van der Waals surface area (Å²) in [4.78, 5) is 2.88. The molecule has 1 aromatic carbocycles. The van der Waals surface area contributed by atoms with E-state index in [1.807, 2.05) is 18.3 Å². The van der Waals surface area contributed by atoms with Crippen LogP contribution in [-0.4, -0.2) is 13.1 Å². The monoisotopic (exact) mass is 277 g/mol. The highest BCUT2D eigenvalue weighted by atomic mass is 35.5. The zero-order valence-electron chi connectivity index (χ0n) is 10.4. The lowest BCUT2D eigenvalue weighted by Gasteiger charge is -2.01. The van der Waals surface area contributed by atoms with E-state index in [1.54, 1.807) is 0 Å². The van der Waals surface area contributed by atoms with Crippen LogP contribution in [0.4, 0.5) is 0 Å². The second-order valence-electron chi connectivity index (χ2n) is 4.77. The van der Waals surface area contributed by atoms with Crippen molar-refractivity contribution in [2.45, 2.75) is 19.8 Å². The zero-order valence-corrected chi connectivity index (χ0v) is 12.0. The number of fused-ring (bicyclic) bond motifs is 1. The van der Waals surface area contributed by atoms with Gasteiger partial charge in [0.25, 0.3) is 0 Å². The Balaban J connectivity index is 1.99. The lowest BCUT2D eigenvalue weighted by atomic mass is 10.1. The summed E-state index contributed by atoms with van der Waals surface area (Å²) < 4.78 is 0. The summed E-state index contributed by atoms with van der Waals surface area (Å²) in [5, 5.41) is 4.30.